The molecule has 0 saturated heterocycles. The average Bonchev–Trinajstić information content (AvgIpc) is 3.35. The third-order valence-electron chi connectivity index (χ3n) is 8.33. The van der Waals surface area contributed by atoms with Crippen LogP contribution in [0.4, 0.5) is 13.2 Å². The Bertz CT molecular complexity index is 1860. The molecule has 9 heteroatoms. The first kappa shape index (κ1) is 32.5. The number of ether oxygens (including phenoxy) is 1. The first-order valence-corrected chi connectivity index (χ1v) is 15.1. The minimum Gasteiger partial charge on any atom is -0.464 e. The van der Waals surface area contributed by atoms with Crippen LogP contribution >= 0.6 is 0 Å². The third-order valence-corrected chi connectivity index (χ3v) is 8.33. The molecule has 3 aromatic carbocycles. The molecular weight excluding hydrogens is 579 g/mol. The highest BCUT2D eigenvalue weighted by Gasteiger charge is 2.30. The van der Waals surface area contributed by atoms with Crippen LogP contribution < -0.4 is 5.43 Å². The molecule has 1 unspecified atom stereocenters. The first-order valence-electron chi connectivity index (χ1n) is 15.1. The second kappa shape index (κ2) is 13.2. The molecule has 0 spiro atoms. The molecule has 0 aliphatic rings. The number of hydrogen-bond acceptors (Lipinski definition) is 5. The highest BCUT2D eigenvalue weighted by atomic mass is 19.4. The SMILES string of the molecule is Cc1cc2occ(CN(C)CC(COC(C)C)N(C)Cc3cn(-c4cccc(C(F)(F)F)c4)c4ccccc34)c(=O)c2cc1C. The lowest BCUT2D eigenvalue weighted by Crippen LogP contribution is -2.44. The van der Waals surface area contributed by atoms with Gasteiger partial charge in [0, 0.05) is 48.5 Å². The first-order chi connectivity index (χ1) is 21.3. The van der Waals surface area contributed by atoms with Crippen molar-refractivity contribution in [2.75, 3.05) is 27.2 Å². The summed E-state index contributed by atoms with van der Waals surface area (Å²) in [6.45, 7) is 10.0. The summed E-state index contributed by atoms with van der Waals surface area (Å²) in [6.07, 6.45) is -0.913. The Kier molecular flexibility index (Phi) is 9.53. The van der Waals surface area contributed by atoms with Gasteiger partial charge in [-0.3, -0.25) is 9.69 Å². The topological polar surface area (TPSA) is 50.9 Å². The van der Waals surface area contributed by atoms with E-state index < -0.39 is 11.7 Å². The van der Waals surface area contributed by atoms with E-state index >= 15 is 0 Å². The molecule has 6 nitrogen and oxygen atoms in total. The molecule has 0 N–H and O–H groups in total. The maximum atomic E-state index is 13.5. The zero-order chi connectivity index (χ0) is 32.5. The van der Waals surface area contributed by atoms with E-state index in [4.69, 9.17) is 9.15 Å². The third kappa shape index (κ3) is 7.32. The lowest BCUT2D eigenvalue weighted by molar-refractivity contribution is -0.137. The number of halogens is 3. The summed E-state index contributed by atoms with van der Waals surface area (Å²) >= 11 is 0. The Morgan fingerprint density at radius 3 is 2.38 bits per heavy atom. The van der Waals surface area contributed by atoms with Gasteiger partial charge in [-0.1, -0.05) is 24.3 Å². The summed E-state index contributed by atoms with van der Waals surface area (Å²) in [4.78, 5) is 17.6. The Labute approximate surface area is 261 Å². The molecule has 0 amide bonds. The van der Waals surface area contributed by atoms with Crippen molar-refractivity contribution >= 4 is 21.9 Å². The Balaban J connectivity index is 1.39. The molecule has 45 heavy (non-hydrogen) atoms. The smallest absolute Gasteiger partial charge is 0.416 e. The molecule has 2 heterocycles. The fourth-order valence-electron chi connectivity index (χ4n) is 5.69. The van der Waals surface area contributed by atoms with E-state index in [1.165, 1.54) is 12.1 Å². The van der Waals surface area contributed by atoms with E-state index in [-0.39, 0.29) is 17.6 Å². The molecule has 0 fully saturated rings. The number of para-hydroxylation sites is 1. The molecule has 0 aliphatic carbocycles. The van der Waals surface area contributed by atoms with Crippen LogP contribution in [0.2, 0.25) is 0 Å². The molecule has 1 atom stereocenters. The van der Waals surface area contributed by atoms with Crippen LogP contribution in [0.5, 0.6) is 0 Å². The minimum atomic E-state index is -4.43. The van der Waals surface area contributed by atoms with Gasteiger partial charge in [0.1, 0.15) is 5.58 Å². The van der Waals surface area contributed by atoms with Gasteiger partial charge in [0.2, 0.25) is 0 Å². The van der Waals surface area contributed by atoms with Crippen LogP contribution in [0, 0.1) is 13.8 Å². The molecule has 0 bridgehead atoms. The van der Waals surface area contributed by atoms with Gasteiger partial charge in [-0.25, -0.2) is 0 Å². The molecule has 0 saturated carbocycles. The van der Waals surface area contributed by atoms with Crippen molar-refractivity contribution in [1.82, 2.24) is 14.4 Å². The van der Waals surface area contributed by atoms with Gasteiger partial charge in [-0.05, 0) is 94.9 Å². The highest BCUT2D eigenvalue weighted by molar-refractivity contribution is 5.85. The molecule has 5 rings (SSSR count). The summed E-state index contributed by atoms with van der Waals surface area (Å²) in [6, 6.07) is 16.9. The van der Waals surface area contributed by atoms with Crippen molar-refractivity contribution in [3.63, 3.8) is 0 Å². The summed E-state index contributed by atoms with van der Waals surface area (Å²) in [5.74, 6) is 0. The zero-order valence-corrected chi connectivity index (χ0v) is 26.6. The van der Waals surface area contributed by atoms with Gasteiger partial charge in [-0.2, -0.15) is 13.2 Å². The van der Waals surface area contributed by atoms with Crippen molar-refractivity contribution in [2.24, 2.45) is 0 Å². The van der Waals surface area contributed by atoms with Crippen LogP contribution in [0.25, 0.3) is 27.6 Å². The number of nitrogens with zero attached hydrogens (tertiary/aromatic N) is 3. The lowest BCUT2D eigenvalue weighted by atomic mass is 10.1. The number of likely N-dealkylation sites (N-methyl/N-ethyl adjacent to an activating group) is 2. The summed E-state index contributed by atoms with van der Waals surface area (Å²) in [5.41, 5.74) is 4.85. The molecule has 5 aromatic rings. The van der Waals surface area contributed by atoms with E-state index in [0.717, 1.165) is 33.7 Å². The summed E-state index contributed by atoms with van der Waals surface area (Å²) in [5, 5.41) is 1.55. The minimum absolute atomic E-state index is 0.0306. The summed E-state index contributed by atoms with van der Waals surface area (Å²) in [7, 11) is 3.99. The normalized spacial score (nSPS) is 13.2. The van der Waals surface area contributed by atoms with E-state index in [2.05, 4.69) is 9.80 Å². The van der Waals surface area contributed by atoms with Crippen molar-refractivity contribution in [3.8, 4) is 5.69 Å². The maximum absolute atomic E-state index is 13.5. The summed E-state index contributed by atoms with van der Waals surface area (Å²) < 4.78 is 54.2. The second-order valence-electron chi connectivity index (χ2n) is 12.3. The van der Waals surface area contributed by atoms with E-state index in [9.17, 15) is 18.0 Å². The van der Waals surface area contributed by atoms with Crippen LogP contribution in [0.15, 0.2) is 82.3 Å². The molecule has 0 radical (unpaired) electrons. The highest BCUT2D eigenvalue weighted by Crippen LogP contribution is 2.32. The average molecular weight is 620 g/mol. The van der Waals surface area contributed by atoms with Crippen LogP contribution in [-0.2, 0) is 24.0 Å². The van der Waals surface area contributed by atoms with Crippen LogP contribution in [-0.4, -0.2) is 53.8 Å². The quantitative estimate of drug-likeness (QED) is 0.152. The number of aryl methyl sites for hydroxylation is 2. The van der Waals surface area contributed by atoms with Crippen molar-refractivity contribution in [1.29, 1.82) is 0 Å². The predicted molar refractivity (Wildman–Crippen MR) is 173 cm³/mol. The molecule has 238 valence electrons. The molecule has 0 aliphatic heterocycles. The molecular formula is C36H40F3N3O3. The molecule has 2 aromatic heterocycles. The number of hydrogen-bond donors (Lipinski definition) is 0. The Morgan fingerprint density at radius 1 is 0.911 bits per heavy atom. The monoisotopic (exact) mass is 619 g/mol. The van der Waals surface area contributed by atoms with Gasteiger partial charge in [0.15, 0.2) is 5.43 Å². The number of aromatic nitrogens is 1. The van der Waals surface area contributed by atoms with Gasteiger partial charge in [0.25, 0.3) is 0 Å². The Morgan fingerprint density at radius 2 is 1.64 bits per heavy atom. The number of benzene rings is 3. The van der Waals surface area contributed by atoms with Crippen LogP contribution in [0.3, 0.4) is 0 Å². The second-order valence-corrected chi connectivity index (χ2v) is 12.3. The number of rotatable bonds is 11. The van der Waals surface area contributed by atoms with Crippen molar-refractivity contribution in [3.05, 3.63) is 111 Å². The van der Waals surface area contributed by atoms with Gasteiger partial charge < -0.3 is 18.6 Å². The predicted octanol–water partition coefficient (Wildman–Crippen LogP) is 7.73. The number of fused-ring (bicyclic) bond motifs is 2. The van der Waals surface area contributed by atoms with Crippen LogP contribution in [0.1, 0.15) is 41.7 Å². The van der Waals surface area contributed by atoms with E-state index in [0.29, 0.717) is 48.5 Å². The Hall–Kier alpha value is -3.92. The lowest BCUT2D eigenvalue weighted by Gasteiger charge is -2.32. The van der Waals surface area contributed by atoms with Gasteiger partial charge in [0.05, 0.1) is 35.4 Å². The van der Waals surface area contributed by atoms with E-state index in [1.807, 2.05) is 89.0 Å². The number of alkyl halides is 3. The largest absolute Gasteiger partial charge is 0.464 e. The maximum Gasteiger partial charge on any atom is 0.416 e. The standard InChI is InChI=1S/C36H40F3N3O3/c1-23(2)44-22-30(20-40(5)17-27-21-45-34-15-25(4)24(3)14-32(34)35(27)43)41(6)18-26-19-42(33-13-8-7-12-31(26)33)29-11-9-10-28(16-29)36(37,38)39/h7-16,19,21,23,30H,17-18,20,22H2,1-6H3. The van der Waals surface area contributed by atoms with Crippen molar-refractivity contribution < 1.29 is 22.3 Å². The van der Waals surface area contributed by atoms with Crippen molar-refractivity contribution in [2.45, 2.75) is 59.1 Å². The fourth-order valence-corrected chi connectivity index (χ4v) is 5.69. The zero-order valence-electron chi connectivity index (χ0n) is 26.6. The fraction of sp³-hybridized carbons (Fsp3) is 0.361. The van der Waals surface area contributed by atoms with Gasteiger partial charge >= 0.3 is 6.18 Å². The van der Waals surface area contributed by atoms with Gasteiger partial charge in [-0.15, -0.1) is 0 Å². The van der Waals surface area contributed by atoms with E-state index in [1.54, 1.807) is 12.3 Å².